The molecule has 0 aliphatic carbocycles. The Morgan fingerprint density at radius 1 is 2.00 bits per heavy atom. The predicted octanol–water partition coefficient (Wildman–Crippen LogP) is -1.93. The second kappa shape index (κ2) is 1.33. The molecule has 0 aromatic carbocycles. The number of aliphatic hydroxyl groups is 1. The molecule has 1 heterocycles. The van der Waals surface area contributed by atoms with Gasteiger partial charge in [-0.25, -0.2) is 0 Å². The van der Waals surface area contributed by atoms with Gasteiger partial charge < -0.3 is 9.84 Å². The lowest BCUT2D eigenvalue weighted by Gasteiger charge is -1.90. The minimum Gasteiger partial charge on any atom is -0.395 e. The first-order chi connectivity index (χ1) is 2.80. The number of hydrogen-bond donors (Lipinski definition) is 1. The lowest BCUT2D eigenvalue weighted by molar-refractivity contribution is 0.206. The van der Waals surface area contributed by atoms with Crippen LogP contribution in [0.1, 0.15) is 0 Å². The monoisotopic (exact) mass is 104 g/mol. The SMILES string of the molecule is OC([SiH3])[C@H]1CO1. The molecule has 0 aromatic rings. The molecule has 2 nitrogen and oxygen atoms in total. The van der Waals surface area contributed by atoms with E-state index in [0.717, 1.165) is 16.8 Å². The molecule has 1 aliphatic rings. The van der Waals surface area contributed by atoms with E-state index in [2.05, 4.69) is 0 Å². The summed E-state index contributed by atoms with van der Waals surface area (Å²) in [7, 11) is 0.846. The first-order valence-electron chi connectivity index (χ1n) is 2.10. The Morgan fingerprint density at radius 3 is 2.50 bits per heavy atom. The zero-order chi connectivity index (χ0) is 4.57. The van der Waals surface area contributed by atoms with Crippen molar-refractivity contribution in [3.63, 3.8) is 0 Å². The van der Waals surface area contributed by atoms with E-state index >= 15 is 0 Å². The maximum Gasteiger partial charge on any atom is 0.103 e. The van der Waals surface area contributed by atoms with Gasteiger partial charge >= 0.3 is 0 Å². The standard InChI is InChI=1S/C3H8O2Si/c4-3(6)2-1-5-2/h2-4H,1H2,6H3/t2-,3?/m1/s1. The smallest absolute Gasteiger partial charge is 0.103 e. The fourth-order valence-corrected chi connectivity index (χ4v) is 0.719. The van der Waals surface area contributed by atoms with Crippen LogP contribution < -0.4 is 0 Å². The van der Waals surface area contributed by atoms with E-state index in [0.29, 0.717) is 0 Å². The normalized spacial score (nSPS) is 36.5. The number of aliphatic hydroxyl groups excluding tert-OH is 1. The zero-order valence-electron chi connectivity index (χ0n) is 3.72. The summed E-state index contributed by atoms with van der Waals surface area (Å²) in [5, 5.41) is 8.63. The minimum atomic E-state index is -0.120. The van der Waals surface area contributed by atoms with E-state index in [9.17, 15) is 0 Å². The van der Waals surface area contributed by atoms with Gasteiger partial charge in [0.15, 0.2) is 0 Å². The van der Waals surface area contributed by atoms with Crippen LogP contribution in [0.25, 0.3) is 0 Å². The summed E-state index contributed by atoms with van der Waals surface area (Å²) in [5.41, 5.74) is -0.120. The molecular weight excluding hydrogens is 96.1 g/mol. The van der Waals surface area contributed by atoms with E-state index in [1.165, 1.54) is 0 Å². The summed E-state index contributed by atoms with van der Waals surface area (Å²) < 4.78 is 4.75. The van der Waals surface area contributed by atoms with Crippen molar-refractivity contribution in [2.24, 2.45) is 0 Å². The largest absolute Gasteiger partial charge is 0.395 e. The lowest BCUT2D eigenvalue weighted by atomic mass is 10.5. The Bertz CT molecular complexity index is 50.8. The third kappa shape index (κ3) is 0.799. The topological polar surface area (TPSA) is 32.8 Å². The second-order valence-corrected chi connectivity index (χ2v) is 2.80. The summed E-state index contributed by atoms with van der Waals surface area (Å²) >= 11 is 0. The van der Waals surface area contributed by atoms with Crippen LogP contribution in [0.4, 0.5) is 0 Å². The molecule has 0 amide bonds. The molecule has 0 saturated carbocycles. The Morgan fingerprint density at radius 2 is 2.50 bits per heavy atom. The Labute approximate surface area is 39.5 Å². The fraction of sp³-hybridized carbons (Fsp3) is 1.00. The van der Waals surface area contributed by atoms with Gasteiger partial charge in [-0.2, -0.15) is 0 Å². The molecule has 0 aromatic heterocycles. The van der Waals surface area contributed by atoms with E-state index in [4.69, 9.17) is 9.84 Å². The van der Waals surface area contributed by atoms with Crippen LogP contribution in [0.2, 0.25) is 0 Å². The number of hydrogen-bond acceptors (Lipinski definition) is 2. The Hall–Kier alpha value is 0.137. The van der Waals surface area contributed by atoms with E-state index in [1.807, 2.05) is 0 Å². The quantitative estimate of drug-likeness (QED) is 0.310. The van der Waals surface area contributed by atoms with Gasteiger partial charge in [-0.05, 0) is 0 Å². The van der Waals surface area contributed by atoms with Gasteiger partial charge in [0, 0.05) is 10.2 Å². The van der Waals surface area contributed by atoms with Crippen molar-refractivity contribution in [2.75, 3.05) is 6.61 Å². The second-order valence-electron chi connectivity index (χ2n) is 1.61. The highest BCUT2D eigenvalue weighted by molar-refractivity contribution is 6.11. The molecule has 0 bridgehead atoms. The first kappa shape index (κ1) is 4.30. The Kier molecular flexibility index (Phi) is 0.952. The predicted molar refractivity (Wildman–Crippen MR) is 25.7 cm³/mol. The molecule has 1 aliphatic heterocycles. The molecule has 3 heteroatoms. The van der Waals surface area contributed by atoms with Crippen molar-refractivity contribution >= 4 is 10.2 Å². The average Bonchev–Trinajstić information content (AvgIpc) is 2.06. The minimum absolute atomic E-state index is 0.120. The average molecular weight is 104 g/mol. The van der Waals surface area contributed by atoms with Gasteiger partial charge in [-0.3, -0.25) is 0 Å². The Balaban J connectivity index is 2.13. The summed E-state index contributed by atoms with van der Waals surface area (Å²) in [6, 6.07) is 0. The van der Waals surface area contributed by atoms with Gasteiger partial charge in [0.05, 0.1) is 12.3 Å². The van der Waals surface area contributed by atoms with Crippen LogP contribution in [0, 0.1) is 0 Å². The summed E-state index contributed by atoms with van der Waals surface area (Å²) in [6.07, 6.45) is 0.219. The highest BCUT2D eigenvalue weighted by Gasteiger charge is 2.27. The third-order valence-corrected chi connectivity index (χ3v) is 1.64. The molecule has 1 saturated heterocycles. The van der Waals surface area contributed by atoms with Crippen LogP contribution in [0.5, 0.6) is 0 Å². The van der Waals surface area contributed by atoms with Gasteiger partial charge in [0.2, 0.25) is 0 Å². The molecule has 1 unspecified atom stereocenters. The van der Waals surface area contributed by atoms with Crippen LogP contribution in [0.15, 0.2) is 0 Å². The van der Waals surface area contributed by atoms with Gasteiger partial charge in [-0.15, -0.1) is 0 Å². The molecule has 6 heavy (non-hydrogen) atoms. The lowest BCUT2D eigenvalue weighted by Crippen LogP contribution is -2.12. The molecule has 0 spiro atoms. The molecule has 36 valence electrons. The number of rotatable bonds is 1. The maximum absolute atomic E-state index is 8.63. The van der Waals surface area contributed by atoms with Crippen molar-refractivity contribution in [1.82, 2.24) is 0 Å². The maximum atomic E-state index is 8.63. The highest BCUT2D eigenvalue weighted by atomic mass is 28.1. The van der Waals surface area contributed by atoms with Crippen molar-refractivity contribution in [3.8, 4) is 0 Å². The molecule has 0 radical (unpaired) electrons. The van der Waals surface area contributed by atoms with Crippen LogP contribution in [-0.2, 0) is 4.74 Å². The van der Waals surface area contributed by atoms with Gasteiger partial charge in [0.25, 0.3) is 0 Å². The summed E-state index contributed by atoms with van der Waals surface area (Å²) in [6.45, 7) is 0.782. The summed E-state index contributed by atoms with van der Waals surface area (Å²) in [5.74, 6) is 0. The molecule has 1 fully saturated rings. The summed E-state index contributed by atoms with van der Waals surface area (Å²) in [4.78, 5) is 0. The van der Waals surface area contributed by atoms with Crippen molar-refractivity contribution in [1.29, 1.82) is 0 Å². The molecule has 2 atom stereocenters. The molecule has 1 N–H and O–H groups in total. The first-order valence-corrected chi connectivity index (χ1v) is 3.26. The fourth-order valence-electron chi connectivity index (χ4n) is 0.334. The van der Waals surface area contributed by atoms with Gasteiger partial charge in [0.1, 0.15) is 6.10 Å². The van der Waals surface area contributed by atoms with E-state index < -0.39 is 0 Å². The van der Waals surface area contributed by atoms with Crippen LogP contribution in [-0.4, -0.2) is 33.8 Å². The number of epoxide rings is 1. The van der Waals surface area contributed by atoms with Crippen LogP contribution >= 0.6 is 0 Å². The molecular formula is C3H8O2Si. The molecule has 1 rings (SSSR count). The van der Waals surface area contributed by atoms with Crippen molar-refractivity contribution < 1.29 is 9.84 Å². The van der Waals surface area contributed by atoms with E-state index in [1.54, 1.807) is 0 Å². The van der Waals surface area contributed by atoms with Crippen molar-refractivity contribution in [3.05, 3.63) is 0 Å². The van der Waals surface area contributed by atoms with Gasteiger partial charge in [-0.1, -0.05) is 0 Å². The number of ether oxygens (including phenoxy) is 1. The van der Waals surface area contributed by atoms with Crippen molar-refractivity contribution in [2.45, 2.75) is 11.8 Å². The van der Waals surface area contributed by atoms with Crippen LogP contribution in [0.3, 0.4) is 0 Å². The third-order valence-electron chi connectivity index (χ3n) is 0.897. The highest BCUT2D eigenvalue weighted by Crippen LogP contribution is 2.10. The zero-order valence-corrected chi connectivity index (χ0v) is 5.72. The van der Waals surface area contributed by atoms with E-state index in [-0.39, 0.29) is 11.8 Å².